The number of aryl methyl sites for hydroxylation is 2. The number of pyridine rings is 1. The van der Waals surface area contributed by atoms with Crippen LogP contribution in [-0.4, -0.2) is 53.2 Å². The molecule has 5 heteroatoms. The highest BCUT2D eigenvalue weighted by molar-refractivity contribution is 5.93. The molecule has 0 spiro atoms. The normalized spacial score (nSPS) is 19.1. The molecular formula is C16H23N3O2. The summed E-state index contributed by atoms with van der Waals surface area (Å²) in [7, 11) is 0. The largest absolute Gasteiger partial charge is 0.478 e. The van der Waals surface area contributed by atoms with Gasteiger partial charge in [-0.05, 0) is 44.7 Å². The summed E-state index contributed by atoms with van der Waals surface area (Å²) in [6.45, 7) is 8.04. The Labute approximate surface area is 125 Å². The maximum Gasteiger partial charge on any atom is 0.339 e. The number of carbonyl (C=O) groups is 1. The van der Waals surface area contributed by atoms with Gasteiger partial charge >= 0.3 is 5.97 Å². The van der Waals surface area contributed by atoms with Crippen molar-refractivity contribution in [2.75, 3.05) is 31.1 Å². The molecule has 1 saturated heterocycles. The second-order valence-corrected chi connectivity index (χ2v) is 6.24. The lowest BCUT2D eigenvalue weighted by atomic mass is 10.1. The van der Waals surface area contributed by atoms with Crippen molar-refractivity contribution in [3.63, 3.8) is 0 Å². The van der Waals surface area contributed by atoms with Gasteiger partial charge in [0, 0.05) is 37.9 Å². The number of aromatic nitrogens is 1. The average molecular weight is 289 g/mol. The van der Waals surface area contributed by atoms with Crippen LogP contribution in [0.2, 0.25) is 0 Å². The van der Waals surface area contributed by atoms with Gasteiger partial charge in [-0.2, -0.15) is 0 Å². The third kappa shape index (κ3) is 2.75. The number of aromatic carboxylic acids is 1. The second-order valence-electron chi connectivity index (χ2n) is 6.24. The Hall–Kier alpha value is -1.62. The van der Waals surface area contributed by atoms with E-state index in [1.54, 1.807) is 0 Å². The van der Waals surface area contributed by atoms with Crippen LogP contribution >= 0.6 is 0 Å². The maximum atomic E-state index is 11.6. The van der Waals surface area contributed by atoms with Gasteiger partial charge in [0.1, 0.15) is 11.4 Å². The number of carboxylic acid groups (broad SMARTS) is 1. The average Bonchev–Trinajstić information content (AvgIpc) is 2.93. The lowest BCUT2D eigenvalue weighted by Crippen LogP contribution is -2.49. The standard InChI is InChI=1S/C16H23N3O2/c1-11(2)18-6-8-19(9-7-18)15-13(16(20)21)10-12-4-3-5-14(12)17-15/h10-11H,3-9H2,1-2H3,(H,20,21). The molecule has 5 nitrogen and oxygen atoms in total. The quantitative estimate of drug-likeness (QED) is 0.919. The van der Waals surface area contributed by atoms with E-state index in [0.717, 1.165) is 56.7 Å². The summed E-state index contributed by atoms with van der Waals surface area (Å²) < 4.78 is 0. The smallest absolute Gasteiger partial charge is 0.339 e. The van der Waals surface area contributed by atoms with E-state index in [4.69, 9.17) is 4.98 Å². The molecule has 114 valence electrons. The van der Waals surface area contributed by atoms with Gasteiger partial charge in [-0.1, -0.05) is 0 Å². The van der Waals surface area contributed by atoms with Crippen molar-refractivity contribution >= 4 is 11.8 Å². The fourth-order valence-corrected chi connectivity index (χ4v) is 3.31. The van der Waals surface area contributed by atoms with Crippen molar-refractivity contribution in [3.8, 4) is 0 Å². The first-order chi connectivity index (χ1) is 10.1. The molecule has 3 rings (SSSR count). The van der Waals surface area contributed by atoms with Crippen molar-refractivity contribution in [1.82, 2.24) is 9.88 Å². The summed E-state index contributed by atoms with van der Waals surface area (Å²) in [6.07, 6.45) is 3.03. The van der Waals surface area contributed by atoms with Crippen LogP contribution in [0.15, 0.2) is 6.07 Å². The van der Waals surface area contributed by atoms with Crippen LogP contribution in [-0.2, 0) is 12.8 Å². The third-order valence-corrected chi connectivity index (χ3v) is 4.61. The highest BCUT2D eigenvalue weighted by Crippen LogP contribution is 2.28. The number of nitrogens with zero attached hydrogens (tertiary/aromatic N) is 3. The fourth-order valence-electron chi connectivity index (χ4n) is 3.31. The Morgan fingerprint density at radius 2 is 1.95 bits per heavy atom. The zero-order valence-corrected chi connectivity index (χ0v) is 12.8. The molecule has 1 aromatic rings. The first-order valence-corrected chi connectivity index (χ1v) is 7.81. The second kappa shape index (κ2) is 5.64. The van der Waals surface area contributed by atoms with E-state index in [1.165, 1.54) is 0 Å². The van der Waals surface area contributed by atoms with E-state index in [-0.39, 0.29) is 0 Å². The van der Waals surface area contributed by atoms with Gasteiger partial charge in [-0.25, -0.2) is 9.78 Å². The molecule has 0 unspecified atom stereocenters. The minimum atomic E-state index is -0.863. The van der Waals surface area contributed by atoms with Gasteiger partial charge in [-0.3, -0.25) is 4.90 Å². The van der Waals surface area contributed by atoms with Crippen LogP contribution in [0, 0.1) is 0 Å². The fraction of sp³-hybridized carbons (Fsp3) is 0.625. The summed E-state index contributed by atoms with van der Waals surface area (Å²) in [4.78, 5) is 20.8. The monoisotopic (exact) mass is 289 g/mol. The number of piperazine rings is 1. The molecule has 1 aliphatic heterocycles. The Balaban J connectivity index is 1.86. The number of hydrogen-bond acceptors (Lipinski definition) is 4. The molecule has 0 aromatic carbocycles. The van der Waals surface area contributed by atoms with Crippen LogP contribution in [0.3, 0.4) is 0 Å². The Morgan fingerprint density at radius 1 is 1.24 bits per heavy atom. The van der Waals surface area contributed by atoms with Crippen molar-refractivity contribution < 1.29 is 9.90 Å². The Bertz CT molecular complexity index is 549. The zero-order valence-electron chi connectivity index (χ0n) is 12.8. The van der Waals surface area contributed by atoms with Crippen LogP contribution in [0.1, 0.15) is 41.9 Å². The maximum absolute atomic E-state index is 11.6. The van der Waals surface area contributed by atoms with E-state index in [9.17, 15) is 9.90 Å². The lowest BCUT2D eigenvalue weighted by molar-refractivity contribution is 0.0696. The molecule has 21 heavy (non-hydrogen) atoms. The van der Waals surface area contributed by atoms with Crippen molar-refractivity contribution in [2.24, 2.45) is 0 Å². The van der Waals surface area contributed by atoms with Crippen molar-refractivity contribution in [3.05, 3.63) is 22.9 Å². The van der Waals surface area contributed by atoms with Crippen LogP contribution in [0.5, 0.6) is 0 Å². The highest BCUT2D eigenvalue weighted by Gasteiger charge is 2.26. The highest BCUT2D eigenvalue weighted by atomic mass is 16.4. The molecule has 1 aromatic heterocycles. The molecule has 1 aliphatic carbocycles. The topological polar surface area (TPSA) is 56.7 Å². The molecule has 0 saturated carbocycles. The minimum Gasteiger partial charge on any atom is -0.478 e. The Morgan fingerprint density at radius 3 is 2.57 bits per heavy atom. The van der Waals surface area contributed by atoms with E-state index in [1.807, 2.05) is 6.07 Å². The summed E-state index contributed by atoms with van der Waals surface area (Å²) in [6, 6.07) is 2.39. The van der Waals surface area contributed by atoms with E-state index in [2.05, 4.69) is 23.6 Å². The summed E-state index contributed by atoms with van der Waals surface area (Å²) in [5, 5.41) is 9.49. The van der Waals surface area contributed by atoms with Crippen molar-refractivity contribution in [1.29, 1.82) is 0 Å². The van der Waals surface area contributed by atoms with E-state index < -0.39 is 5.97 Å². The van der Waals surface area contributed by atoms with Gasteiger partial charge in [0.05, 0.1) is 0 Å². The van der Waals surface area contributed by atoms with Crippen molar-refractivity contribution in [2.45, 2.75) is 39.2 Å². The minimum absolute atomic E-state index is 0.369. The molecule has 1 fully saturated rings. The molecule has 0 amide bonds. The van der Waals surface area contributed by atoms with E-state index >= 15 is 0 Å². The Kier molecular flexibility index (Phi) is 3.85. The summed E-state index contributed by atoms with van der Waals surface area (Å²) >= 11 is 0. The van der Waals surface area contributed by atoms with Crippen LogP contribution in [0.25, 0.3) is 0 Å². The van der Waals surface area contributed by atoms with Gasteiger partial charge in [0.2, 0.25) is 0 Å². The number of hydrogen-bond donors (Lipinski definition) is 1. The SMILES string of the molecule is CC(C)N1CCN(c2nc3c(cc2C(=O)O)CCC3)CC1. The molecule has 2 heterocycles. The first kappa shape index (κ1) is 14.3. The third-order valence-electron chi connectivity index (χ3n) is 4.61. The molecule has 0 radical (unpaired) electrons. The summed E-state index contributed by atoms with van der Waals surface area (Å²) in [5.41, 5.74) is 2.59. The lowest BCUT2D eigenvalue weighted by Gasteiger charge is -2.38. The first-order valence-electron chi connectivity index (χ1n) is 7.81. The van der Waals surface area contributed by atoms with Crippen LogP contribution < -0.4 is 4.90 Å². The van der Waals surface area contributed by atoms with Crippen LogP contribution in [0.4, 0.5) is 5.82 Å². The predicted molar refractivity (Wildman–Crippen MR) is 82.1 cm³/mol. The zero-order chi connectivity index (χ0) is 15.0. The number of rotatable bonds is 3. The number of anilines is 1. The molecule has 2 aliphatic rings. The van der Waals surface area contributed by atoms with Gasteiger partial charge in [0.25, 0.3) is 0 Å². The molecule has 0 bridgehead atoms. The van der Waals surface area contributed by atoms with Gasteiger partial charge in [0.15, 0.2) is 0 Å². The van der Waals surface area contributed by atoms with Gasteiger partial charge in [-0.15, -0.1) is 0 Å². The molecule has 0 atom stereocenters. The predicted octanol–water partition coefficient (Wildman–Crippen LogP) is 1.80. The molecule has 1 N–H and O–H groups in total. The number of fused-ring (bicyclic) bond motifs is 1. The number of carboxylic acids is 1. The van der Waals surface area contributed by atoms with Gasteiger partial charge < -0.3 is 10.0 Å². The summed E-state index contributed by atoms with van der Waals surface area (Å²) in [5.74, 6) is -0.190. The molecular weight excluding hydrogens is 266 g/mol. The van der Waals surface area contributed by atoms with E-state index in [0.29, 0.717) is 17.4 Å².